The van der Waals surface area contributed by atoms with Gasteiger partial charge in [0.1, 0.15) is 6.17 Å². The fourth-order valence-electron chi connectivity index (χ4n) is 11.9. The van der Waals surface area contributed by atoms with Gasteiger partial charge in [-0.05, 0) is 162 Å². The molecule has 8 aromatic carbocycles. The van der Waals surface area contributed by atoms with E-state index in [1.165, 1.54) is 117 Å². The normalized spacial score (nSPS) is 14.9. The first kappa shape index (κ1) is 48.3. The molecule has 0 fully saturated rings. The van der Waals surface area contributed by atoms with Crippen LogP contribution in [0.15, 0.2) is 158 Å². The molecule has 0 saturated carbocycles. The Hall–Kier alpha value is -6.98. The second-order valence-corrected chi connectivity index (χ2v) is 24.8. The minimum Gasteiger partial charge on any atom is -0.375 e. The number of para-hydroxylation sites is 3. The van der Waals surface area contributed by atoms with Crippen LogP contribution in [0.2, 0.25) is 0 Å². The lowest BCUT2D eigenvalue weighted by molar-refractivity contribution is 0.590. The van der Waals surface area contributed by atoms with Crippen molar-refractivity contribution in [2.24, 2.45) is 0 Å². The van der Waals surface area contributed by atoms with E-state index in [2.05, 4.69) is 267 Å². The Kier molecular flexibility index (Phi) is 11.3. The fourth-order valence-corrected chi connectivity index (χ4v) is 11.9. The Morgan fingerprint density at radius 2 is 1.07 bits per heavy atom. The number of aromatic nitrogens is 1. The highest BCUT2D eigenvalue weighted by Gasteiger charge is 2.45. The number of anilines is 6. The van der Waals surface area contributed by atoms with Gasteiger partial charge < -0.3 is 19.6 Å². The number of hydrogen-bond donors (Lipinski definition) is 1. The third kappa shape index (κ3) is 7.80. The van der Waals surface area contributed by atoms with Gasteiger partial charge in [0, 0.05) is 50.1 Å². The Morgan fingerprint density at radius 3 is 1.73 bits per heavy atom. The van der Waals surface area contributed by atoms with Crippen molar-refractivity contribution in [1.29, 1.82) is 0 Å². The molecule has 0 radical (unpaired) electrons. The molecule has 0 aliphatic carbocycles. The molecule has 3 aliphatic rings. The molecule has 5 heteroatoms. The van der Waals surface area contributed by atoms with Crippen LogP contribution in [-0.4, -0.2) is 11.3 Å². The van der Waals surface area contributed by atoms with E-state index in [0.717, 1.165) is 5.69 Å². The van der Waals surface area contributed by atoms with Crippen LogP contribution >= 0.6 is 0 Å². The number of fused-ring (bicyclic) bond motifs is 8. The SMILES string of the molecule is CC.Cc1c(-c2ccc(C3Nc4ccccc4N3c3ccccc3)cc2)cc2c3c1-c1cc(C(C)(C)C)cc4c5cc(C(C)(C)C)ccc5n(c14)B3c1cc(C(C)(C)C)ccc1N2c1ccc(C(C)(C)C)cc1. The zero-order chi connectivity index (χ0) is 51.7. The molecule has 73 heavy (non-hydrogen) atoms. The lowest BCUT2D eigenvalue weighted by atomic mass is 9.44. The maximum absolute atomic E-state index is 3.88. The standard InChI is InChI=1S/C66H67BN4.C2H6/c1-40-49(41-23-25-42(26-24-41)62-68-54-21-17-18-22-57(54)70(62)47-19-15-14-16-20-47)39-58-60-59(40)52-37-46(66(11,12)13)36-51-50-35-44(64(5,6)7)29-33-55(50)71(61(51)52)67(60)53-38-45(65(8,9)10)30-34-56(53)69(58)48-31-27-43(28-32-48)63(2,3)4;1-2/h14-39,62,68H,1-13H3;1-2H3. The minimum atomic E-state index is -0.0738. The van der Waals surface area contributed by atoms with E-state index in [-0.39, 0.29) is 34.7 Å². The third-order valence-corrected chi connectivity index (χ3v) is 16.0. The van der Waals surface area contributed by atoms with Crippen molar-refractivity contribution in [3.05, 3.63) is 191 Å². The number of nitrogens with one attached hydrogen (secondary N) is 1. The molecule has 1 N–H and O–H groups in total. The summed E-state index contributed by atoms with van der Waals surface area (Å²) in [7, 11) is 0. The van der Waals surface area contributed by atoms with E-state index in [0.29, 0.717) is 0 Å². The topological polar surface area (TPSA) is 23.4 Å². The van der Waals surface area contributed by atoms with Crippen LogP contribution < -0.4 is 26.0 Å². The average molecular weight is 957 g/mol. The zero-order valence-corrected chi connectivity index (χ0v) is 46.0. The van der Waals surface area contributed by atoms with Crippen LogP contribution in [0.3, 0.4) is 0 Å². The molecule has 9 aromatic rings. The molecule has 1 atom stereocenters. The molecule has 4 nitrogen and oxygen atoms in total. The largest absolute Gasteiger partial charge is 0.375 e. The summed E-state index contributed by atoms with van der Waals surface area (Å²) in [6, 6.07) is 60.6. The number of benzene rings is 8. The van der Waals surface area contributed by atoms with Gasteiger partial charge in [0.2, 0.25) is 0 Å². The predicted octanol–water partition coefficient (Wildman–Crippen LogP) is 17.7. The van der Waals surface area contributed by atoms with Crippen LogP contribution in [-0.2, 0) is 21.7 Å². The van der Waals surface area contributed by atoms with Gasteiger partial charge in [-0.1, -0.05) is 182 Å². The van der Waals surface area contributed by atoms with Crippen molar-refractivity contribution < 1.29 is 0 Å². The zero-order valence-electron chi connectivity index (χ0n) is 46.0. The molecule has 3 aliphatic heterocycles. The highest BCUT2D eigenvalue weighted by Crippen LogP contribution is 2.51. The van der Waals surface area contributed by atoms with Crippen molar-refractivity contribution >= 4 is 73.7 Å². The molecule has 1 aromatic heterocycles. The molecule has 1 unspecified atom stereocenters. The van der Waals surface area contributed by atoms with Crippen LogP contribution in [0.4, 0.5) is 34.1 Å². The third-order valence-electron chi connectivity index (χ3n) is 16.0. The summed E-state index contributed by atoms with van der Waals surface area (Å²) in [6.45, 7) is 34.5. The number of nitrogens with zero attached hydrogens (tertiary/aromatic N) is 3. The first-order chi connectivity index (χ1) is 34.7. The van der Waals surface area contributed by atoms with Gasteiger partial charge in [-0.25, -0.2) is 0 Å². The van der Waals surface area contributed by atoms with Gasteiger partial charge >= 0.3 is 6.85 Å². The number of hydrogen-bond acceptors (Lipinski definition) is 3. The second kappa shape index (κ2) is 17.1. The van der Waals surface area contributed by atoms with Crippen LogP contribution in [0, 0.1) is 6.92 Å². The fraction of sp³-hybridized carbons (Fsp3) is 0.294. The predicted molar refractivity (Wildman–Crippen MR) is 318 cm³/mol. The summed E-state index contributed by atoms with van der Waals surface area (Å²) < 4.78 is 2.75. The summed E-state index contributed by atoms with van der Waals surface area (Å²) in [5.74, 6) is 0. The van der Waals surface area contributed by atoms with Crippen molar-refractivity contribution in [3.8, 4) is 22.3 Å². The van der Waals surface area contributed by atoms with Gasteiger partial charge in [-0.2, -0.15) is 0 Å². The summed E-state index contributed by atoms with van der Waals surface area (Å²) in [4.78, 5) is 5.03. The first-order valence-corrected chi connectivity index (χ1v) is 26.8. The Bertz CT molecular complexity index is 3610. The van der Waals surface area contributed by atoms with Crippen molar-refractivity contribution in [1.82, 2.24) is 4.48 Å². The summed E-state index contributed by atoms with van der Waals surface area (Å²) in [6.07, 6.45) is -0.0504. The first-order valence-electron chi connectivity index (χ1n) is 26.8. The van der Waals surface area contributed by atoms with Gasteiger partial charge in [-0.15, -0.1) is 0 Å². The smallest absolute Gasteiger partial charge is 0.333 e. The Morgan fingerprint density at radius 1 is 0.479 bits per heavy atom. The lowest BCUT2D eigenvalue weighted by Gasteiger charge is -2.42. The molecule has 368 valence electrons. The van der Waals surface area contributed by atoms with E-state index in [4.69, 9.17) is 0 Å². The van der Waals surface area contributed by atoms with E-state index < -0.39 is 0 Å². The van der Waals surface area contributed by atoms with Gasteiger partial charge in [-0.3, -0.25) is 0 Å². The molecule has 0 bridgehead atoms. The van der Waals surface area contributed by atoms with E-state index in [1.807, 2.05) is 13.8 Å². The summed E-state index contributed by atoms with van der Waals surface area (Å²) in [5.41, 5.74) is 25.5. The van der Waals surface area contributed by atoms with Crippen molar-refractivity contribution in [3.63, 3.8) is 0 Å². The molecular weight excluding hydrogens is 884 g/mol. The van der Waals surface area contributed by atoms with Gasteiger partial charge in [0.05, 0.1) is 11.4 Å². The monoisotopic (exact) mass is 957 g/mol. The van der Waals surface area contributed by atoms with Gasteiger partial charge in [0.15, 0.2) is 0 Å². The van der Waals surface area contributed by atoms with Crippen molar-refractivity contribution in [2.75, 3.05) is 15.1 Å². The van der Waals surface area contributed by atoms with E-state index >= 15 is 0 Å². The quantitative estimate of drug-likeness (QED) is 0.178. The van der Waals surface area contributed by atoms with Crippen molar-refractivity contribution in [2.45, 2.75) is 132 Å². The van der Waals surface area contributed by atoms with Crippen LogP contribution in [0.1, 0.15) is 136 Å². The summed E-state index contributed by atoms with van der Waals surface area (Å²) >= 11 is 0. The lowest BCUT2D eigenvalue weighted by Crippen LogP contribution is -2.57. The Balaban J connectivity index is 0.00000284. The molecule has 12 rings (SSSR count). The van der Waals surface area contributed by atoms with E-state index in [9.17, 15) is 0 Å². The molecule has 0 spiro atoms. The molecule has 0 saturated heterocycles. The average Bonchev–Trinajstić information content (AvgIpc) is 3.94. The van der Waals surface area contributed by atoms with E-state index in [1.54, 1.807) is 0 Å². The number of rotatable bonds is 4. The molecule has 0 amide bonds. The highest BCUT2D eigenvalue weighted by molar-refractivity contribution is 6.90. The minimum absolute atomic E-state index is 0.00413. The maximum atomic E-state index is 3.88. The van der Waals surface area contributed by atoms with Crippen LogP contribution in [0.5, 0.6) is 0 Å². The highest BCUT2D eigenvalue weighted by atomic mass is 15.3. The second-order valence-electron chi connectivity index (χ2n) is 24.8. The van der Waals surface area contributed by atoms with Gasteiger partial charge in [0.25, 0.3) is 0 Å². The molecule has 4 heterocycles. The maximum Gasteiger partial charge on any atom is 0.333 e. The summed E-state index contributed by atoms with van der Waals surface area (Å²) in [5, 5.41) is 6.56. The van der Waals surface area contributed by atoms with Crippen LogP contribution in [0.25, 0.3) is 44.1 Å². The molecular formula is C68H73BN4. The Labute approximate surface area is 436 Å².